The van der Waals surface area contributed by atoms with Crippen molar-refractivity contribution in [1.82, 2.24) is 0 Å². The number of hydrogen-bond acceptors (Lipinski definition) is 3. The van der Waals surface area contributed by atoms with E-state index in [1.54, 1.807) is 18.2 Å². The Morgan fingerprint density at radius 2 is 2.06 bits per heavy atom. The minimum absolute atomic E-state index is 0.0106. The van der Waals surface area contributed by atoms with Gasteiger partial charge in [0.15, 0.2) is 0 Å². The van der Waals surface area contributed by atoms with E-state index in [1.165, 1.54) is 6.20 Å². The third-order valence-electron chi connectivity index (χ3n) is 1.79. The highest BCUT2D eigenvalue weighted by Crippen LogP contribution is 2.32. The number of nitriles is 2. The standard InChI is InChI=1S/C11H7BrClN3/c1-7-2-9(12)11(10(13)3-7)16-6-8(4-14)5-15/h2-3,6,16H,1H3. The van der Waals surface area contributed by atoms with E-state index in [0.717, 1.165) is 10.0 Å². The monoisotopic (exact) mass is 295 g/mol. The van der Waals surface area contributed by atoms with Crippen molar-refractivity contribution in [2.24, 2.45) is 0 Å². The Kier molecular flexibility index (Phi) is 4.37. The van der Waals surface area contributed by atoms with Crippen molar-refractivity contribution in [3.63, 3.8) is 0 Å². The molecule has 0 spiro atoms. The Hall–Kier alpha value is -1.49. The van der Waals surface area contributed by atoms with Crippen LogP contribution in [0.15, 0.2) is 28.4 Å². The molecule has 0 aromatic heterocycles. The number of allylic oxidation sites excluding steroid dienone is 1. The third-order valence-corrected chi connectivity index (χ3v) is 2.71. The SMILES string of the molecule is Cc1cc(Cl)c(NC=C(C#N)C#N)c(Br)c1. The predicted octanol–water partition coefficient (Wildman–Crippen LogP) is 3.75. The van der Waals surface area contributed by atoms with Crippen molar-refractivity contribution in [1.29, 1.82) is 10.5 Å². The maximum atomic E-state index is 8.56. The molecule has 1 aromatic carbocycles. The molecule has 5 heteroatoms. The Balaban J connectivity index is 3.05. The molecular weight excluding hydrogens is 289 g/mol. The van der Waals surface area contributed by atoms with Crippen LogP contribution in [-0.2, 0) is 0 Å². The molecule has 0 atom stereocenters. The number of nitrogens with zero attached hydrogens (tertiary/aromatic N) is 2. The van der Waals surface area contributed by atoms with Gasteiger partial charge in [0.1, 0.15) is 17.7 Å². The summed E-state index contributed by atoms with van der Waals surface area (Å²) in [4.78, 5) is 0. The lowest BCUT2D eigenvalue weighted by Crippen LogP contribution is -1.93. The van der Waals surface area contributed by atoms with Gasteiger partial charge < -0.3 is 5.32 Å². The lowest BCUT2D eigenvalue weighted by Gasteiger charge is -2.07. The normalized spacial score (nSPS) is 8.81. The van der Waals surface area contributed by atoms with Gasteiger partial charge >= 0.3 is 0 Å². The van der Waals surface area contributed by atoms with Crippen LogP contribution >= 0.6 is 27.5 Å². The fraction of sp³-hybridized carbons (Fsp3) is 0.0909. The first-order chi connectivity index (χ1) is 7.58. The average molecular weight is 297 g/mol. The Morgan fingerprint density at radius 1 is 1.44 bits per heavy atom. The van der Waals surface area contributed by atoms with Gasteiger partial charge in [-0.1, -0.05) is 11.6 Å². The van der Waals surface area contributed by atoms with Gasteiger partial charge in [0.05, 0.1) is 10.7 Å². The molecule has 16 heavy (non-hydrogen) atoms. The van der Waals surface area contributed by atoms with Crippen molar-refractivity contribution < 1.29 is 0 Å². The van der Waals surface area contributed by atoms with Crippen LogP contribution in [0.3, 0.4) is 0 Å². The van der Waals surface area contributed by atoms with Gasteiger partial charge in [-0.3, -0.25) is 0 Å². The molecule has 80 valence electrons. The highest BCUT2D eigenvalue weighted by atomic mass is 79.9. The van der Waals surface area contributed by atoms with Gasteiger partial charge in [0.25, 0.3) is 0 Å². The summed E-state index contributed by atoms with van der Waals surface area (Å²) >= 11 is 9.37. The molecule has 1 aromatic rings. The maximum Gasteiger partial charge on any atom is 0.145 e. The highest BCUT2D eigenvalue weighted by molar-refractivity contribution is 9.10. The number of halogens is 2. The summed E-state index contributed by atoms with van der Waals surface area (Å²) in [7, 11) is 0. The molecule has 0 bridgehead atoms. The quantitative estimate of drug-likeness (QED) is 0.845. The lowest BCUT2D eigenvalue weighted by atomic mass is 10.2. The summed E-state index contributed by atoms with van der Waals surface area (Å²) in [6.45, 7) is 1.92. The molecule has 0 aliphatic heterocycles. The van der Waals surface area contributed by atoms with Crippen molar-refractivity contribution in [2.45, 2.75) is 6.92 Å². The first kappa shape index (κ1) is 12.6. The summed E-state index contributed by atoms with van der Waals surface area (Å²) < 4.78 is 0.781. The number of aryl methyl sites for hydroxylation is 1. The van der Waals surface area contributed by atoms with Gasteiger partial charge in [-0.25, -0.2) is 0 Å². The van der Waals surface area contributed by atoms with Gasteiger partial charge in [0, 0.05) is 10.7 Å². The van der Waals surface area contributed by atoms with Crippen molar-refractivity contribution in [3.05, 3.63) is 39.0 Å². The highest BCUT2D eigenvalue weighted by Gasteiger charge is 2.05. The molecule has 3 nitrogen and oxygen atoms in total. The molecule has 0 aliphatic rings. The molecular formula is C11H7BrClN3. The average Bonchev–Trinajstić information content (AvgIpc) is 2.22. The summed E-state index contributed by atoms with van der Waals surface area (Å²) in [5, 5.41) is 20.5. The molecule has 0 heterocycles. The van der Waals surface area contributed by atoms with Crippen LogP contribution in [-0.4, -0.2) is 0 Å². The molecule has 0 fully saturated rings. The van der Waals surface area contributed by atoms with Crippen LogP contribution in [0.1, 0.15) is 5.56 Å². The Morgan fingerprint density at radius 3 is 2.56 bits per heavy atom. The van der Waals surface area contributed by atoms with Crippen LogP contribution in [0, 0.1) is 29.6 Å². The maximum absolute atomic E-state index is 8.56. The van der Waals surface area contributed by atoms with Gasteiger partial charge in [-0.2, -0.15) is 10.5 Å². The number of anilines is 1. The second-order valence-corrected chi connectivity index (χ2v) is 4.29. The number of nitrogens with one attached hydrogen (secondary N) is 1. The zero-order valence-corrected chi connectivity index (χ0v) is 10.7. The summed E-state index contributed by atoms with van der Waals surface area (Å²) in [5.41, 5.74) is 1.64. The predicted molar refractivity (Wildman–Crippen MR) is 66.8 cm³/mol. The number of rotatable bonds is 2. The molecule has 0 radical (unpaired) electrons. The summed E-state index contributed by atoms with van der Waals surface area (Å²) in [6.07, 6.45) is 1.32. The smallest absolute Gasteiger partial charge is 0.145 e. The number of benzene rings is 1. The zero-order valence-electron chi connectivity index (χ0n) is 8.38. The van der Waals surface area contributed by atoms with E-state index in [2.05, 4.69) is 21.2 Å². The van der Waals surface area contributed by atoms with Crippen molar-refractivity contribution in [2.75, 3.05) is 5.32 Å². The van der Waals surface area contributed by atoms with E-state index in [1.807, 2.05) is 13.0 Å². The fourth-order valence-corrected chi connectivity index (χ4v) is 2.20. The molecule has 0 saturated carbocycles. The Labute approximate surface area is 107 Å². The van der Waals surface area contributed by atoms with Crippen LogP contribution in [0.4, 0.5) is 5.69 Å². The molecule has 1 N–H and O–H groups in total. The van der Waals surface area contributed by atoms with Crippen molar-refractivity contribution >= 4 is 33.2 Å². The number of hydrogen-bond donors (Lipinski definition) is 1. The molecule has 1 rings (SSSR count). The van der Waals surface area contributed by atoms with Crippen LogP contribution in [0.25, 0.3) is 0 Å². The van der Waals surface area contributed by atoms with Crippen LogP contribution in [0.5, 0.6) is 0 Å². The second kappa shape index (κ2) is 5.55. The lowest BCUT2D eigenvalue weighted by molar-refractivity contribution is 1.41. The molecule has 0 saturated heterocycles. The van der Waals surface area contributed by atoms with E-state index in [4.69, 9.17) is 22.1 Å². The third kappa shape index (κ3) is 3.00. The molecule has 0 aliphatic carbocycles. The largest absolute Gasteiger partial charge is 0.358 e. The van der Waals surface area contributed by atoms with Gasteiger partial charge in [0.2, 0.25) is 0 Å². The Bertz CT molecular complexity index is 484. The van der Waals surface area contributed by atoms with Gasteiger partial charge in [-0.15, -0.1) is 0 Å². The minimum Gasteiger partial charge on any atom is -0.358 e. The van der Waals surface area contributed by atoms with E-state index in [-0.39, 0.29) is 5.57 Å². The van der Waals surface area contributed by atoms with Gasteiger partial charge in [-0.05, 0) is 40.5 Å². The molecule has 0 unspecified atom stereocenters. The topological polar surface area (TPSA) is 59.6 Å². The first-order valence-corrected chi connectivity index (χ1v) is 5.48. The first-order valence-electron chi connectivity index (χ1n) is 4.31. The summed E-state index contributed by atoms with van der Waals surface area (Å²) in [6, 6.07) is 7.18. The molecule has 0 amide bonds. The van der Waals surface area contributed by atoms with E-state index >= 15 is 0 Å². The fourth-order valence-electron chi connectivity index (χ4n) is 1.07. The second-order valence-electron chi connectivity index (χ2n) is 3.03. The van der Waals surface area contributed by atoms with E-state index in [9.17, 15) is 0 Å². The zero-order chi connectivity index (χ0) is 12.1. The van der Waals surface area contributed by atoms with Crippen LogP contribution < -0.4 is 5.32 Å². The van der Waals surface area contributed by atoms with Crippen molar-refractivity contribution in [3.8, 4) is 12.1 Å². The summed E-state index contributed by atoms with van der Waals surface area (Å²) in [5.74, 6) is 0. The van der Waals surface area contributed by atoms with Crippen LogP contribution in [0.2, 0.25) is 5.02 Å². The van der Waals surface area contributed by atoms with E-state index in [0.29, 0.717) is 10.7 Å². The van der Waals surface area contributed by atoms with E-state index < -0.39 is 0 Å². The minimum atomic E-state index is -0.0106.